The monoisotopic (exact) mass is 223 g/mol. The molecule has 0 aromatic carbocycles. The van der Waals surface area contributed by atoms with Crippen LogP contribution in [0.1, 0.15) is 19.8 Å². The number of hydrogen-bond donors (Lipinski definition) is 2. The molecule has 1 aliphatic rings. The van der Waals surface area contributed by atoms with Crippen LogP contribution in [0.4, 0.5) is 5.82 Å². The second kappa shape index (κ2) is 4.30. The van der Waals surface area contributed by atoms with E-state index < -0.39 is 0 Å². The Morgan fingerprint density at radius 2 is 2.31 bits per heavy atom. The van der Waals surface area contributed by atoms with Crippen LogP contribution >= 0.6 is 0 Å². The first-order chi connectivity index (χ1) is 7.63. The molecule has 2 N–H and O–H groups in total. The van der Waals surface area contributed by atoms with Crippen molar-refractivity contribution in [1.82, 2.24) is 20.3 Å². The average molecular weight is 223 g/mol. The average Bonchev–Trinajstić information content (AvgIpc) is 2.87. The highest BCUT2D eigenvalue weighted by Crippen LogP contribution is 2.18. The molecule has 1 fully saturated rings. The van der Waals surface area contributed by atoms with Crippen LogP contribution in [0.2, 0.25) is 0 Å². The summed E-state index contributed by atoms with van der Waals surface area (Å²) in [6.45, 7) is 1.47. The van der Waals surface area contributed by atoms with E-state index in [-0.39, 0.29) is 18.4 Å². The number of nitrogens with one attached hydrogen (secondary N) is 2. The minimum absolute atomic E-state index is 0.0794. The number of carbonyl (C=O) groups is 2. The highest BCUT2D eigenvalue weighted by atomic mass is 16.2. The highest BCUT2D eigenvalue weighted by molar-refractivity contribution is 5.87. The lowest BCUT2D eigenvalue weighted by molar-refractivity contribution is -0.122. The van der Waals surface area contributed by atoms with Crippen LogP contribution in [-0.4, -0.2) is 32.9 Å². The van der Waals surface area contributed by atoms with Crippen LogP contribution in [-0.2, 0) is 16.1 Å². The van der Waals surface area contributed by atoms with Crippen molar-refractivity contribution in [3.8, 4) is 0 Å². The molecule has 1 saturated carbocycles. The third-order valence-corrected chi connectivity index (χ3v) is 2.07. The van der Waals surface area contributed by atoms with Gasteiger partial charge in [-0.05, 0) is 12.8 Å². The van der Waals surface area contributed by atoms with Crippen LogP contribution < -0.4 is 10.6 Å². The molecule has 7 heteroatoms. The summed E-state index contributed by atoms with van der Waals surface area (Å²) >= 11 is 0. The largest absolute Gasteiger partial charge is 0.352 e. The standard InChI is InChI=1S/C9H13N5O2/c1-6(15)11-8-4-10-14(13-8)5-9(16)12-7-2-3-7/h4,7H,2-3,5H2,1H3,(H,12,16)(H,11,13,15). The lowest BCUT2D eigenvalue weighted by atomic mass is 10.5. The normalized spacial score (nSPS) is 14.6. The van der Waals surface area contributed by atoms with Gasteiger partial charge in [0.2, 0.25) is 11.8 Å². The van der Waals surface area contributed by atoms with Crippen molar-refractivity contribution in [1.29, 1.82) is 0 Å². The zero-order valence-electron chi connectivity index (χ0n) is 8.93. The Labute approximate surface area is 92.2 Å². The number of amides is 2. The Kier molecular flexibility index (Phi) is 2.84. The Bertz CT molecular complexity index is 410. The van der Waals surface area contributed by atoms with Gasteiger partial charge in [-0.2, -0.15) is 9.90 Å². The fourth-order valence-electron chi connectivity index (χ4n) is 1.24. The van der Waals surface area contributed by atoms with E-state index in [4.69, 9.17) is 0 Å². The lowest BCUT2D eigenvalue weighted by Gasteiger charge is -2.01. The topological polar surface area (TPSA) is 88.9 Å². The number of nitrogens with zero attached hydrogens (tertiary/aromatic N) is 3. The zero-order valence-corrected chi connectivity index (χ0v) is 8.93. The molecule has 0 saturated heterocycles. The third kappa shape index (κ3) is 3.04. The van der Waals surface area contributed by atoms with Crippen LogP contribution in [0, 0.1) is 0 Å². The van der Waals surface area contributed by atoms with Gasteiger partial charge >= 0.3 is 0 Å². The van der Waals surface area contributed by atoms with Gasteiger partial charge in [-0.1, -0.05) is 0 Å². The molecule has 0 spiro atoms. The number of anilines is 1. The Morgan fingerprint density at radius 1 is 1.56 bits per heavy atom. The summed E-state index contributed by atoms with van der Waals surface area (Å²) < 4.78 is 0. The first-order valence-corrected chi connectivity index (χ1v) is 5.10. The number of hydrogen-bond acceptors (Lipinski definition) is 4. The van der Waals surface area contributed by atoms with Gasteiger partial charge in [0.25, 0.3) is 0 Å². The van der Waals surface area contributed by atoms with Crippen molar-refractivity contribution in [2.24, 2.45) is 0 Å². The molecule has 7 nitrogen and oxygen atoms in total. The fourth-order valence-corrected chi connectivity index (χ4v) is 1.24. The van der Waals surface area contributed by atoms with Crippen molar-refractivity contribution in [2.45, 2.75) is 32.4 Å². The van der Waals surface area contributed by atoms with Gasteiger partial charge in [0.05, 0.1) is 6.20 Å². The van der Waals surface area contributed by atoms with Crippen molar-refractivity contribution in [3.05, 3.63) is 6.20 Å². The van der Waals surface area contributed by atoms with Crippen molar-refractivity contribution < 1.29 is 9.59 Å². The molecule has 16 heavy (non-hydrogen) atoms. The molecule has 0 radical (unpaired) electrons. The Hall–Kier alpha value is -1.92. The number of carbonyl (C=O) groups excluding carboxylic acids is 2. The molecule has 1 aromatic rings. The second-order valence-electron chi connectivity index (χ2n) is 3.78. The summed E-state index contributed by atoms with van der Waals surface area (Å²) in [5.74, 6) is 0.0358. The number of rotatable bonds is 4. The van der Waals surface area contributed by atoms with Gasteiger partial charge in [0.1, 0.15) is 6.54 Å². The van der Waals surface area contributed by atoms with Crippen LogP contribution in [0.25, 0.3) is 0 Å². The minimum Gasteiger partial charge on any atom is -0.352 e. The van der Waals surface area contributed by atoms with E-state index in [2.05, 4.69) is 20.8 Å². The molecule has 86 valence electrons. The molecule has 0 aliphatic heterocycles. The summed E-state index contributed by atoms with van der Waals surface area (Å²) in [6.07, 6.45) is 3.51. The molecular weight excluding hydrogens is 210 g/mol. The molecular formula is C9H13N5O2. The Morgan fingerprint density at radius 3 is 2.94 bits per heavy atom. The predicted octanol–water partition coefficient (Wildman–Crippen LogP) is -0.485. The first kappa shape index (κ1) is 10.6. The molecule has 0 bridgehead atoms. The van der Waals surface area contributed by atoms with Crippen LogP contribution in [0.3, 0.4) is 0 Å². The number of aromatic nitrogens is 3. The fraction of sp³-hybridized carbons (Fsp3) is 0.556. The summed E-state index contributed by atoms with van der Waals surface area (Å²) in [6, 6.07) is 0.331. The quantitative estimate of drug-likeness (QED) is 0.721. The summed E-state index contributed by atoms with van der Waals surface area (Å²) in [5.41, 5.74) is 0. The van der Waals surface area contributed by atoms with Gasteiger partial charge < -0.3 is 10.6 Å². The molecule has 2 rings (SSSR count). The van der Waals surface area contributed by atoms with Crippen molar-refractivity contribution >= 4 is 17.6 Å². The van der Waals surface area contributed by atoms with Gasteiger partial charge in [-0.25, -0.2) is 0 Å². The van der Waals surface area contributed by atoms with E-state index in [9.17, 15) is 9.59 Å². The molecule has 1 aromatic heterocycles. The van der Waals surface area contributed by atoms with E-state index in [1.165, 1.54) is 17.9 Å². The second-order valence-corrected chi connectivity index (χ2v) is 3.78. The van der Waals surface area contributed by atoms with Gasteiger partial charge in [0.15, 0.2) is 5.82 Å². The SMILES string of the molecule is CC(=O)Nc1cnn(CC(=O)NC2CC2)n1. The maximum absolute atomic E-state index is 11.4. The summed E-state index contributed by atoms with van der Waals surface area (Å²) in [4.78, 5) is 23.4. The maximum Gasteiger partial charge on any atom is 0.243 e. The lowest BCUT2D eigenvalue weighted by Crippen LogP contribution is -2.30. The predicted molar refractivity (Wildman–Crippen MR) is 55.5 cm³/mol. The molecule has 0 atom stereocenters. The van der Waals surface area contributed by atoms with E-state index in [0.29, 0.717) is 11.9 Å². The Balaban J connectivity index is 1.86. The van der Waals surface area contributed by atoms with E-state index in [1.54, 1.807) is 0 Å². The first-order valence-electron chi connectivity index (χ1n) is 5.10. The van der Waals surface area contributed by atoms with Gasteiger partial charge in [0, 0.05) is 13.0 Å². The zero-order chi connectivity index (χ0) is 11.5. The van der Waals surface area contributed by atoms with Gasteiger partial charge in [-0.15, -0.1) is 5.10 Å². The molecule has 1 aliphatic carbocycles. The van der Waals surface area contributed by atoms with Crippen LogP contribution in [0.5, 0.6) is 0 Å². The van der Waals surface area contributed by atoms with E-state index in [1.807, 2.05) is 0 Å². The minimum atomic E-state index is -0.213. The smallest absolute Gasteiger partial charge is 0.243 e. The third-order valence-electron chi connectivity index (χ3n) is 2.07. The van der Waals surface area contributed by atoms with Gasteiger partial charge in [-0.3, -0.25) is 9.59 Å². The maximum atomic E-state index is 11.4. The highest BCUT2D eigenvalue weighted by Gasteiger charge is 2.23. The molecule has 2 amide bonds. The van der Waals surface area contributed by atoms with Crippen LogP contribution in [0.15, 0.2) is 6.20 Å². The van der Waals surface area contributed by atoms with E-state index in [0.717, 1.165) is 12.8 Å². The summed E-state index contributed by atoms with van der Waals surface area (Å²) in [7, 11) is 0. The molecule has 0 unspecified atom stereocenters. The van der Waals surface area contributed by atoms with Crippen molar-refractivity contribution in [2.75, 3.05) is 5.32 Å². The molecule has 1 heterocycles. The summed E-state index contributed by atoms with van der Waals surface area (Å²) in [5, 5.41) is 13.1. The van der Waals surface area contributed by atoms with Crippen molar-refractivity contribution in [3.63, 3.8) is 0 Å². The van der Waals surface area contributed by atoms with E-state index >= 15 is 0 Å².